The quantitative estimate of drug-likeness (QED) is 0.697. The molecule has 1 atom stereocenters. The van der Waals surface area contributed by atoms with Gasteiger partial charge in [-0.2, -0.15) is 0 Å². The van der Waals surface area contributed by atoms with Gasteiger partial charge in [0.05, 0.1) is 11.1 Å². The summed E-state index contributed by atoms with van der Waals surface area (Å²) in [5.41, 5.74) is -0.754. The van der Waals surface area contributed by atoms with Crippen LogP contribution in [0.15, 0.2) is 18.2 Å². The minimum Gasteiger partial charge on any atom is -0.480 e. The lowest BCUT2D eigenvalue weighted by Gasteiger charge is -2.10. The Kier molecular flexibility index (Phi) is 4.28. The van der Waals surface area contributed by atoms with Gasteiger partial charge < -0.3 is 15.3 Å². The van der Waals surface area contributed by atoms with Gasteiger partial charge >= 0.3 is 17.9 Å². The molecule has 96 valence electrons. The first-order valence-electron chi connectivity index (χ1n) is 4.80. The van der Waals surface area contributed by atoms with Crippen molar-refractivity contribution in [3.8, 4) is 0 Å². The number of aliphatic carboxylic acids is 1. The summed E-state index contributed by atoms with van der Waals surface area (Å²) in [6, 6.07) is 3.82. The number of benzene rings is 1. The predicted molar refractivity (Wildman–Crippen MR) is 61.3 cm³/mol. The molecule has 3 N–H and O–H groups in total. The molecule has 0 aromatic heterocycles. The average molecular weight is 273 g/mol. The molecule has 0 aliphatic carbocycles. The second-order valence-electron chi connectivity index (χ2n) is 3.46. The van der Waals surface area contributed by atoms with Crippen LogP contribution in [0.3, 0.4) is 0 Å². The molecule has 0 spiro atoms. The highest BCUT2D eigenvalue weighted by molar-refractivity contribution is 6.29. The van der Waals surface area contributed by atoms with Gasteiger partial charge in [0.2, 0.25) is 0 Å². The van der Waals surface area contributed by atoms with Crippen LogP contribution in [-0.4, -0.2) is 38.6 Å². The summed E-state index contributed by atoms with van der Waals surface area (Å²) in [6.07, 6.45) is -0.264. The maximum Gasteiger partial charge on any atom is 0.336 e. The third kappa shape index (κ3) is 2.98. The second kappa shape index (κ2) is 5.50. The number of carboxylic acids is 3. The molecular weight excluding hydrogens is 264 g/mol. The molecule has 0 heterocycles. The Bertz CT molecular complexity index is 510. The summed E-state index contributed by atoms with van der Waals surface area (Å²) in [6.45, 7) is 0. The van der Waals surface area contributed by atoms with E-state index in [0.717, 1.165) is 6.07 Å². The first-order valence-corrected chi connectivity index (χ1v) is 5.23. The zero-order valence-corrected chi connectivity index (χ0v) is 9.72. The van der Waals surface area contributed by atoms with Gasteiger partial charge in [0.25, 0.3) is 0 Å². The van der Waals surface area contributed by atoms with Crippen molar-refractivity contribution in [2.45, 2.75) is 11.8 Å². The molecule has 6 nitrogen and oxygen atoms in total. The zero-order chi connectivity index (χ0) is 13.9. The van der Waals surface area contributed by atoms with E-state index < -0.39 is 34.4 Å². The number of halogens is 1. The highest BCUT2D eigenvalue weighted by Crippen LogP contribution is 2.19. The molecule has 0 aliphatic rings. The van der Waals surface area contributed by atoms with E-state index in [1.807, 2.05) is 0 Å². The van der Waals surface area contributed by atoms with Gasteiger partial charge in [-0.15, -0.1) is 11.6 Å². The van der Waals surface area contributed by atoms with E-state index in [4.69, 9.17) is 26.9 Å². The SMILES string of the molecule is O=C(O)c1cccc(CC(Cl)C(=O)O)c1C(=O)O. The third-order valence-electron chi connectivity index (χ3n) is 2.26. The minimum atomic E-state index is -1.43. The van der Waals surface area contributed by atoms with Crippen molar-refractivity contribution >= 4 is 29.5 Å². The molecule has 1 rings (SSSR count). The van der Waals surface area contributed by atoms with Gasteiger partial charge in [0.1, 0.15) is 5.38 Å². The largest absolute Gasteiger partial charge is 0.480 e. The lowest BCUT2D eigenvalue weighted by atomic mass is 9.97. The second-order valence-corrected chi connectivity index (χ2v) is 3.99. The molecule has 0 saturated carbocycles. The van der Waals surface area contributed by atoms with Crippen LogP contribution in [0.25, 0.3) is 0 Å². The molecule has 18 heavy (non-hydrogen) atoms. The molecule has 1 aromatic carbocycles. The van der Waals surface area contributed by atoms with E-state index in [9.17, 15) is 14.4 Å². The van der Waals surface area contributed by atoms with E-state index in [1.165, 1.54) is 12.1 Å². The van der Waals surface area contributed by atoms with Crippen molar-refractivity contribution in [3.63, 3.8) is 0 Å². The maximum atomic E-state index is 11.0. The van der Waals surface area contributed by atoms with Crippen LogP contribution < -0.4 is 0 Å². The van der Waals surface area contributed by atoms with E-state index in [0.29, 0.717) is 0 Å². The van der Waals surface area contributed by atoms with Crippen LogP contribution in [-0.2, 0) is 11.2 Å². The number of rotatable bonds is 5. The van der Waals surface area contributed by atoms with Gasteiger partial charge in [0, 0.05) is 6.42 Å². The first-order chi connectivity index (χ1) is 8.34. The van der Waals surface area contributed by atoms with Crippen molar-refractivity contribution in [1.82, 2.24) is 0 Å². The Morgan fingerprint density at radius 2 is 1.72 bits per heavy atom. The average Bonchev–Trinajstić information content (AvgIpc) is 2.27. The molecule has 1 aromatic rings. The highest BCUT2D eigenvalue weighted by atomic mass is 35.5. The Morgan fingerprint density at radius 3 is 2.17 bits per heavy atom. The summed E-state index contributed by atoms with van der Waals surface area (Å²) in [5, 5.41) is 25.2. The molecule has 0 fully saturated rings. The molecule has 0 aliphatic heterocycles. The number of carboxylic acid groups (broad SMARTS) is 3. The number of aromatic carboxylic acids is 2. The van der Waals surface area contributed by atoms with Gasteiger partial charge in [-0.1, -0.05) is 12.1 Å². The molecular formula is C11H9ClO6. The minimum absolute atomic E-state index is 0.0739. The van der Waals surface area contributed by atoms with Crippen LogP contribution in [0.5, 0.6) is 0 Å². The lowest BCUT2D eigenvalue weighted by molar-refractivity contribution is -0.136. The van der Waals surface area contributed by atoms with Crippen molar-refractivity contribution < 1.29 is 29.7 Å². The van der Waals surface area contributed by atoms with Crippen molar-refractivity contribution in [2.24, 2.45) is 0 Å². The van der Waals surface area contributed by atoms with Crippen LogP contribution in [0.1, 0.15) is 26.3 Å². The van der Waals surface area contributed by atoms with Crippen molar-refractivity contribution in [2.75, 3.05) is 0 Å². The number of alkyl halides is 1. The monoisotopic (exact) mass is 272 g/mol. The van der Waals surface area contributed by atoms with E-state index >= 15 is 0 Å². The summed E-state index contributed by atoms with van der Waals surface area (Å²) in [4.78, 5) is 32.5. The van der Waals surface area contributed by atoms with E-state index in [-0.39, 0.29) is 12.0 Å². The topological polar surface area (TPSA) is 112 Å². The van der Waals surface area contributed by atoms with Crippen LogP contribution in [0, 0.1) is 0 Å². The normalized spacial score (nSPS) is 11.8. The van der Waals surface area contributed by atoms with Crippen LogP contribution in [0.4, 0.5) is 0 Å². The summed E-state index contributed by atoms with van der Waals surface area (Å²) in [7, 11) is 0. The van der Waals surface area contributed by atoms with Gasteiger partial charge in [-0.25, -0.2) is 9.59 Å². The standard InChI is InChI=1S/C11H9ClO6/c12-7(10(15)16)4-5-2-1-3-6(9(13)14)8(5)11(17)18/h1-3,7H,4H2,(H,13,14)(H,15,16)(H,17,18). The fraction of sp³-hybridized carbons (Fsp3) is 0.182. The molecule has 0 radical (unpaired) electrons. The Labute approximate surface area is 106 Å². The number of carbonyl (C=O) groups is 3. The molecule has 1 unspecified atom stereocenters. The fourth-order valence-corrected chi connectivity index (χ4v) is 1.65. The number of hydrogen-bond donors (Lipinski definition) is 3. The van der Waals surface area contributed by atoms with Gasteiger partial charge in [-0.05, 0) is 11.6 Å². The first kappa shape index (κ1) is 14.0. The fourth-order valence-electron chi connectivity index (χ4n) is 1.48. The van der Waals surface area contributed by atoms with Crippen LogP contribution >= 0.6 is 11.6 Å². The third-order valence-corrected chi connectivity index (χ3v) is 2.60. The Morgan fingerprint density at radius 1 is 1.11 bits per heavy atom. The molecule has 0 bridgehead atoms. The molecule has 7 heteroatoms. The van der Waals surface area contributed by atoms with Gasteiger partial charge in [-0.3, -0.25) is 4.79 Å². The van der Waals surface area contributed by atoms with Crippen LogP contribution in [0.2, 0.25) is 0 Å². The Balaban J connectivity index is 3.27. The smallest absolute Gasteiger partial charge is 0.336 e. The molecule has 0 saturated heterocycles. The predicted octanol–water partition coefficient (Wildman–Crippen LogP) is 1.32. The van der Waals surface area contributed by atoms with E-state index in [1.54, 1.807) is 0 Å². The Hall–Kier alpha value is -2.08. The number of hydrogen-bond acceptors (Lipinski definition) is 3. The van der Waals surface area contributed by atoms with Crippen molar-refractivity contribution in [1.29, 1.82) is 0 Å². The van der Waals surface area contributed by atoms with E-state index in [2.05, 4.69) is 0 Å². The summed E-state index contributed by atoms with van der Waals surface area (Å²) in [5.74, 6) is -4.12. The van der Waals surface area contributed by atoms with Gasteiger partial charge in [0.15, 0.2) is 0 Å². The maximum absolute atomic E-state index is 11.0. The van der Waals surface area contributed by atoms with Crippen molar-refractivity contribution in [3.05, 3.63) is 34.9 Å². The lowest BCUT2D eigenvalue weighted by Crippen LogP contribution is -2.19. The summed E-state index contributed by atoms with van der Waals surface area (Å²) < 4.78 is 0. The summed E-state index contributed by atoms with van der Waals surface area (Å²) >= 11 is 5.52. The molecule has 0 amide bonds. The zero-order valence-electron chi connectivity index (χ0n) is 8.96. The highest BCUT2D eigenvalue weighted by Gasteiger charge is 2.23.